The van der Waals surface area contributed by atoms with Gasteiger partial charge in [-0.1, -0.05) is 19.1 Å². The maximum Gasteiger partial charge on any atom is 0.191 e. The lowest BCUT2D eigenvalue weighted by molar-refractivity contribution is 0.436. The number of guanidine groups is 1. The van der Waals surface area contributed by atoms with Crippen LogP contribution in [0.2, 0.25) is 0 Å². The van der Waals surface area contributed by atoms with Crippen LogP contribution >= 0.6 is 11.3 Å². The maximum atomic E-state index is 4.70. The molecule has 0 aliphatic carbocycles. The number of piperidine rings is 1. The number of hydrogen-bond acceptors (Lipinski definition) is 4. The molecule has 146 valence electrons. The lowest BCUT2D eigenvalue weighted by Crippen LogP contribution is -2.38. The van der Waals surface area contributed by atoms with Gasteiger partial charge in [0, 0.05) is 37.3 Å². The number of aliphatic imine (C=N–C) groups is 1. The summed E-state index contributed by atoms with van der Waals surface area (Å²) in [6.45, 7) is 9.04. The van der Waals surface area contributed by atoms with E-state index in [0.717, 1.165) is 55.9 Å². The van der Waals surface area contributed by atoms with E-state index in [1.165, 1.54) is 17.7 Å². The molecule has 0 atom stereocenters. The molecule has 27 heavy (non-hydrogen) atoms. The molecule has 3 rings (SSSR count). The van der Waals surface area contributed by atoms with Gasteiger partial charge in [-0.25, -0.2) is 9.98 Å². The largest absolute Gasteiger partial charge is 0.357 e. The second-order valence-corrected chi connectivity index (χ2v) is 8.18. The summed E-state index contributed by atoms with van der Waals surface area (Å²) in [7, 11) is 0. The number of nitrogens with zero attached hydrogens (tertiary/aromatic N) is 3. The molecule has 5 nitrogen and oxygen atoms in total. The van der Waals surface area contributed by atoms with Crippen LogP contribution in [0.1, 0.15) is 37.1 Å². The predicted octanol–water partition coefficient (Wildman–Crippen LogP) is 3.68. The molecule has 0 unspecified atom stereocenters. The van der Waals surface area contributed by atoms with Crippen molar-refractivity contribution >= 4 is 23.1 Å². The Hall–Kier alpha value is -2.08. The molecule has 0 saturated carbocycles. The van der Waals surface area contributed by atoms with E-state index in [-0.39, 0.29) is 0 Å². The second-order valence-electron chi connectivity index (χ2n) is 7.15. The van der Waals surface area contributed by atoms with E-state index in [0.29, 0.717) is 6.54 Å². The normalized spacial score (nSPS) is 15.8. The fourth-order valence-corrected chi connectivity index (χ4v) is 3.91. The highest BCUT2D eigenvalue weighted by molar-refractivity contribution is 7.09. The van der Waals surface area contributed by atoms with E-state index in [2.05, 4.69) is 64.0 Å². The Bertz CT molecular complexity index is 688. The van der Waals surface area contributed by atoms with Gasteiger partial charge in [-0.15, -0.1) is 11.3 Å². The Balaban J connectivity index is 1.50. The van der Waals surface area contributed by atoms with Gasteiger partial charge in [-0.3, -0.25) is 0 Å². The molecule has 0 radical (unpaired) electrons. The van der Waals surface area contributed by atoms with Crippen molar-refractivity contribution in [1.82, 2.24) is 15.6 Å². The molecule has 3 heterocycles. The first-order valence-corrected chi connectivity index (χ1v) is 10.9. The fourth-order valence-electron chi connectivity index (χ4n) is 3.21. The number of hydrogen-bond donors (Lipinski definition) is 2. The first-order valence-electron chi connectivity index (χ1n) is 9.99. The third-order valence-corrected chi connectivity index (χ3v) is 5.86. The third kappa shape index (κ3) is 6.24. The molecule has 2 N–H and O–H groups in total. The van der Waals surface area contributed by atoms with Crippen molar-refractivity contribution in [3.05, 3.63) is 46.3 Å². The molecule has 2 aromatic rings. The molecule has 0 amide bonds. The number of nitrogens with one attached hydrogen (secondary N) is 2. The summed E-state index contributed by atoms with van der Waals surface area (Å²) in [5, 5.41) is 8.85. The molecule has 6 heteroatoms. The Kier molecular flexibility index (Phi) is 7.51. The first kappa shape index (κ1) is 19.7. The highest BCUT2D eigenvalue weighted by atomic mass is 32.1. The molecule has 0 aromatic carbocycles. The van der Waals surface area contributed by atoms with Gasteiger partial charge in [-0.05, 0) is 55.2 Å². The smallest absolute Gasteiger partial charge is 0.191 e. The van der Waals surface area contributed by atoms with Crippen molar-refractivity contribution in [2.75, 3.05) is 31.1 Å². The van der Waals surface area contributed by atoms with Crippen LogP contribution in [0.25, 0.3) is 0 Å². The standard InChI is InChI=1S/C21H31N5S/c1-3-22-21(23-11-8-19-5-4-14-27-19)25-16-18-6-7-20(24-15-18)26-12-9-17(2)10-13-26/h4-7,14-15,17H,3,8-13,16H2,1-2H3,(H2,22,23,25). The Labute approximate surface area is 166 Å². The molecule has 0 spiro atoms. The van der Waals surface area contributed by atoms with Gasteiger partial charge in [0.2, 0.25) is 0 Å². The summed E-state index contributed by atoms with van der Waals surface area (Å²) in [5.41, 5.74) is 1.14. The van der Waals surface area contributed by atoms with Crippen molar-refractivity contribution in [2.24, 2.45) is 10.9 Å². The van der Waals surface area contributed by atoms with Gasteiger partial charge >= 0.3 is 0 Å². The average molecular weight is 386 g/mol. The van der Waals surface area contributed by atoms with Gasteiger partial charge in [0.05, 0.1) is 6.54 Å². The molecule has 1 aliphatic heterocycles. The Morgan fingerprint density at radius 1 is 1.26 bits per heavy atom. The van der Waals surface area contributed by atoms with E-state index in [9.17, 15) is 0 Å². The zero-order chi connectivity index (χ0) is 18.9. The maximum absolute atomic E-state index is 4.70. The van der Waals surface area contributed by atoms with Crippen molar-refractivity contribution in [3.63, 3.8) is 0 Å². The van der Waals surface area contributed by atoms with Crippen LogP contribution < -0.4 is 15.5 Å². The monoisotopic (exact) mass is 385 g/mol. The minimum absolute atomic E-state index is 0.638. The van der Waals surface area contributed by atoms with Gasteiger partial charge in [-0.2, -0.15) is 0 Å². The van der Waals surface area contributed by atoms with Crippen molar-refractivity contribution in [2.45, 2.75) is 39.7 Å². The van der Waals surface area contributed by atoms with Crippen LogP contribution in [-0.2, 0) is 13.0 Å². The number of thiophene rings is 1. The summed E-state index contributed by atoms with van der Waals surface area (Å²) in [6.07, 6.45) is 5.51. The topological polar surface area (TPSA) is 52.6 Å². The van der Waals surface area contributed by atoms with E-state index < -0.39 is 0 Å². The molecule has 1 fully saturated rings. The van der Waals surface area contributed by atoms with Gasteiger partial charge in [0.15, 0.2) is 5.96 Å². The number of rotatable bonds is 7. The van der Waals surface area contributed by atoms with E-state index in [1.807, 2.05) is 6.20 Å². The molecule has 2 aromatic heterocycles. The summed E-state index contributed by atoms with van der Waals surface area (Å²) >= 11 is 1.80. The van der Waals surface area contributed by atoms with Crippen LogP contribution in [0.4, 0.5) is 5.82 Å². The summed E-state index contributed by atoms with van der Waals surface area (Å²) in [6, 6.07) is 8.56. The van der Waals surface area contributed by atoms with Gasteiger partial charge in [0.25, 0.3) is 0 Å². The summed E-state index contributed by atoms with van der Waals surface area (Å²) in [5.74, 6) is 2.80. The average Bonchev–Trinajstić information content (AvgIpc) is 3.21. The van der Waals surface area contributed by atoms with Crippen molar-refractivity contribution in [3.8, 4) is 0 Å². The van der Waals surface area contributed by atoms with Gasteiger partial charge < -0.3 is 15.5 Å². The minimum Gasteiger partial charge on any atom is -0.357 e. The van der Waals surface area contributed by atoms with Crippen LogP contribution in [-0.4, -0.2) is 37.1 Å². The highest BCUT2D eigenvalue weighted by Gasteiger charge is 2.16. The zero-order valence-electron chi connectivity index (χ0n) is 16.4. The predicted molar refractivity (Wildman–Crippen MR) is 116 cm³/mol. The zero-order valence-corrected chi connectivity index (χ0v) is 17.3. The first-order chi connectivity index (χ1) is 13.2. The second kappa shape index (κ2) is 10.3. The lowest BCUT2D eigenvalue weighted by atomic mass is 9.99. The van der Waals surface area contributed by atoms with E-state index >= 15 is 0 Å². The van der Waals surface area contributed by atoms with Crippen LogP contribution in [0, 0.1) is 5.92 Å². The molecular weight excluding hydrogens is 354 g/mol. The SMILES string of the molecule is CCNC(=NCc1ccc(N2CCC(C)CC2)nc1)NCCc1cccs1. The van der Waals surface area contributed by atoms with E-state index in [4.69, 9.17) is 4.99 Å². The van der Waals surface area contributed by atoms with Crippen LogP contribution in [0.3, 0.4) is 0 Å². The minimum atomic E-state index is 0.638. The molecular formula is C21H31N5S. The quantitative estimate of drug-likeness (QED) is 0.564. The highest BCUT2D eigenvalue weighted by Crippen LogP contribution is 2.21. The Morgan fingerprint density at radius 3 is 2.78 bits per heavy atom. The van der Waals surface area contributed by atoms with Crippen molar-refractivity contribution < 1.29 is 0 Å². The molecule has 0 bridgehead atoms. The van der Waals surface area contributed by atoms with Crippen LogP contribution in [0.5, 0.6) is 0 Å². The molecule has 1 saturated heterocycles. The van der Waals surface area contributed by atoms with Gasteiger partial charge in [0.1, 0.15) is 5.82 Å². The van der Waals surface area contributed by atoms with E-state index in [1.54, 1.807) is 11.3 Å². The number of aromatic nitrogens is 1. The summed E-state index contributed by atoms with van der Waals surface area (Å²) in [4.78, 5) is 13.1. The van der Waals surface area contributed by atoms with Crippen LogP contribution in [0.15, 0.2) is 40.8 Å². The number of pyridine rings is 1. The molecule has 1 aliphatic rings. The van der Waals surface area contributed by atoms with Crippen molar-refractivity contribution in [1.29, 1.82) is 0 Å². The third-order valence-electron chi connectivity index (χ3n) is 4.92. The number of anilines is 1. The lowest BCUT2D eigenvalue weighted by Gasteiger charge is -2.31. The summed E-state index contributed by atoms with van der Waals surface area (Å²) < 4.78 is 0. The Morgan fingerprint density at radius 2 is 2.11 bits per heavy atom. The fraction of sp³-hybridized carbons (Fsp3) is 0.524.